The number of aliphatic hydroxyl groups is 1. The Hall–Kier alpha value is -2.26. The molecule has 1 aromatic heterocycles. The van der Waals surface area contributed by atoms with Gasteiger partial charge in [-0.25, -0.2) is 22.2 Å². The van der Waals surface area contributed by atoms with Crippen LogP contribution in [-0.4, -0.2) is 31.7 Å². The summed E-state index contributed by atoms with van der Waals surface area (Å²) in [6.07, 6.45) is 1.79. The fraction of sp³-hybridized carbons (Fsp3) is 0.353. The molecular weight excluding hydrogens is 364 g/mol. The maximum Gasteiger partial charge on any atom is 0.263 e. The van der Waals surface area contributed by atoms with Crippen LogP contribution in [0, 0.1) is 17.0 Å². The quantitative estimate of drug-likeness (QED) is 0.650. The monoisotopic (exact) mass is 385 g/mol. The third-order valence-corrected chi connectivity index (χ3v) is 5.12. The fourth-order valence-electron chi connectivity index (χ4n) is 2.14. The summed E-state index contributed by atoms with van der Waals surface area (Å²) >= 11 is 0. The molecule has 6 nitrogen and oxygen atoms in total. The highest BCUT2D eigenvalue weighted by atomic mass is 32.2. The number of halogens is 2. The number of aliphatic hydroxyl groups excluding tert-OH is 1. The molecule has 1 heterocycles. The van der Waals surface area contributed by atoms with E-state index in [0.29, 0.717) is 18.8 Å². The zero-order chi connectivity index (χ0) is 19.4. The van der Waals surface area contributed by atoms with Crippen molar-refractivity contribution in [3.8, 4) is 0 Å². The largest absolute Gasteiger partial charge is 0.396 e. The number of nitrogens with zero attached hydrogens (tertiary/aromatic N) is 1. The van der Waals surface area contributed by atoms with Crippen LogP contribution in [0.25, 0.3) is 0 Å². The summed E-state index contributed by atoms with van der Waals surface area (Å²) < 4.78 is 52.9. The topological polar surface area (TPSA) is 91.3 Å². The summed E-state index contributed by atoms with van der Waals surface area (Å²) in [6.45, 7) is 4.61. The van der Waals surface area contributed by atoms with Gasteiger partial charge in [0.05, 0.1) is 5.69 Å². The molecule has 142 valence electrons. The fourth-order valence-corrected chi connectivity index (χ4v) is 3.13. The second kappa shape index (κ2) is 7.96. The van der Waals surface area contributed by atoms with Crippen LogP contribution >= 0.6 is 0 Å². The molecule has 2 rings (SSSR count). The molecule has 2 aromatic rings. The van der Waals surface area contributed by atoms with Gasteiger partial charge in [0, 0.05) is 25.4 Å². The van der Waals surface area contributed by atoms with E-state index in [1.165, 1.54) is 18.3 Å². The van der Waals surface area contributed by atoms with Gasteiger partial charge >= 0.3 is 0 Å². The molecule has 0 unspecified atom stereocenters. The number of hydrogen-bond acceptors (Lipinski definition) is 5. The molecule has 0 amide bonds. The van der Waals surface area contributed by atoms with Crippen molar-refractivity contribution in [3.05, 3.63) is 48.2 Å². The van der Waals surface area contributed by atoms with E-state index >= 15 is 0 Å². The van der Waals surface area contributed by atoms with Gasteiger partial charge in [-0.15, -0.1) is 0 Å². The minimum Gasteiger partial charge on any atom is -0.396 e. The number of nitrogens with one attached hydrogen (secondary N) is 2. The van der Waals surface area contributed by atoms with E-state index in [4.69, 9.17) is 5.11 Å². The van der Waals surface area contributed by atoms with Crippen molar-refractivity contribution in [2.75, 3.05) is 23.2 Å². The van der Waals surface area contributed by atoms with Crippen molar-refractivity contribution < 1.29 is 22.3 Å². The zero-order valence-electron chi connectivity index (χ0n) is 14.5. The van der Waals surface area contributed by atoms with E-state index in [1.54, 1.807) is 0 Å². The molecule has 0 aliphatic carbocycles. The van der Waals surface area contributed by atoms with Gasteiger partial charge in [-0.3, -0.25) is 4.72 Å². The Morgan fingerprint density at radius 1 is 1.15 bits per heavy atom. The van der Waals surface area contributed by atoms with E-state index in [9.17, 15) is 17.2 Å². The van der Waals surface area contributed by atoms with Gasteiger partial charge in [-0.1, -0.05) is 13.8 Å². The SMILES string of the molecule is CC(C)(CCO)CNc1ccc(S(=O)(=O)Nc2ccc(F)c(F)c2)cn1. The molecule has 0 aliphatic rings. The number of anilines is 2. The van der Waals surface area contributed by atoms with Crippen LogP contribution in [0.5, 0.6) is 0 Å². The van der Waals surface area contributed by atoms with Gasteiger partial charge in [0.25, 0.3) is 10.0 Å². The first-order chi connectivity index (χ1) is 12.1. The maximum atomic E-state index is 13.2. The minimum absolute atomic E-state index is 0.0783. The highest BCUT2D eigenvalue weighted by molar-refractivity contribution is 7.92. The van der Waals surface area contributed by atoms with E-state index in [1.807, 2.05) is 13.8 Å². The van der Waals surface area contributed by atoms with E-state index in [-0.39, 0.29) is 22.6 Å². The summed E-state index contributed by atoms with van der Waals surface area (Å²) in [5.74, 6) is -1.72. The Kier molecular flexibility index (Phi) is 6.14. The van der Waals surface area contributed by atoms with Crippen LogP contribution in [0.15, 0.2) is 41.4 Å². The van der Waals surface area contributed by atoms with Crippen molar-refractivity contribution in [1.29, 1.82) is 0 Å². The summed E-state index contributed by atoms with van der Waals surface area (Å²) in [7, 11) is -3.97. The normalized spacial score (nSPS) is 12.0. The van der Waals surface area contributed by atoms with Crippen LogP contribution in [0.3, 0.4) is 0 Å². The Morgan fingerprint density at radius 3 is 2.46 bits per heavy atom. The smallest absolute Gasteiger partial charge is 0.263 e. The first kappa shape index (κ1) is 20.1. The van der Waals surface area contributed by atoms with Crippen molar-refractivity contribution in [1.82, 2.24) is 4.98 Å². The molecule has 0 saturated heterocycles. The van der Waals surface area contributed by atoms with Gasteiger partial charge in [0.15, 0.2) is 11.6 Å². The third kappa shape index (κ3) is 5.37. The summed E-state index contributed by atoms with van der Waals surface area (Å²) in [5.41, 5.74) is -0.230. The predicted octanol–water partition coefficient (Wildman–Crippen LogP) is 2.98. The first-order valence-corrected chi connectivity index (χ1v) is 9.40. The lowest BCUT2D eigenvalue weighted by Crippen LogP contribution is -2.24. The van der Waals surface area contributed by atoms with Crippen molar-refractivity contribution in [3.63, 3.8) is 0 Å². The second-order valence-corrected chi connectivity index (χ2v) is 8.29. The van der Waals surface area contributed by atoms with Crippen molar-refractivity contribution >= 4 is 21.5 Å². The van der Waals surface area contributed by atoms with Crippen LogP contribution in [0.1, 0.15) is 20.3 Å². The third-order valence-electron chi connectivity index (χ3n) is 3.76. The Labute approximate surface area is 151 Å². The molecule has 3 N–H and O–H groups in total. The number of sulfonamides is 1. The van der Waals surface area contributed by atoms with E-state index in [2.05, 4.69) is 15.0 Å². The molecule has 0 radical (unpaired) electrons. The number of rotatable bonds is 8. The number of benzene rings is 1. The lowest BCUT2D eigenvalue weighted by atomic mass is 9.90. The minimum atomic E-state index is -3.97. The Bertz CT molecular complexity index is 856. The van der Waals surface area contributed by atoms with Gasteiger partial charge in [-0.05, 0) is 36.1 Å². The molecule has 0 fully saturated rings. The number of pyridine rings is 1. The van der Waals surface area contributed by atoms with Crippen molar-refractivity contribution in [2.45, 2.75) is 25.2 Å². The highest BCUT2D eigenvalue weighted by Gasteiger charge is 2.18. The number of aromatic nitrogens is 1. The second-order valence-electron chi connectivity index (χ2n) is 6.60. The molecule has 1 aromatic carbocycles. The van der Waals surface area contributed by atoms with Gasteiger partial charge in [0.2, 0.25) is 0 Å². The van der Waals surface area contributed by atoms with E-state index < -0.39 is 21.7 Å². The van der Waals surface area contributed by atoms with Crippen LogP contribution < -0.4 is 10.0 Å². The van der Waals surface area contributed by atoms with Crippen LogP contribution in [0.4, 0.5) is 20.3 Å². The summed E-state index contributed by atoms with van der Waals surface area (Å²) in [4.78, 5) is 3.95. The van der Waals surface area contributed by atoms with Crippen LogP contribution in [-0.2, 0) is 10.0 Å². The van der Waals surface area contributed by atoms with Gasteiger partial charge in [0.1, 0.15) is 10.7 Å². The highest BCUT2D eigenvalue weighted by Crippen LogP contribution is 2.21. The lowest BCUT2D eigenvalue weighted by molar-refractivity contribution is 0.220. The molecule has 0 atom stereocenters. The molecule has 9 heteroatoms. The molecule has 0 spiro atoms. The summed E-state index contributed by atoms with van der Waals surface area (Å²) in [5, 5.41) is 12.1. The van der Waals surface area contributed by atoms with Crippen molar-refractivity contribution in [2.24, 2.45) is 5.41 Å². The zero-order valence-corrected chi connectivity index (χ0v) is 15.3. The van der Waals surface area contributed by atoms with Gasteiger partial charge < -0.3 is 10.4 Å². The van der Waals surface area contributed by atoms with Crippen LogP contribution in [0.2, 0.25) is 0 Å². The molecular formula is C17H21F2N3O3S. The molecule has 0 bridgehead atoms. The first-order valence-electron chi connectivity index (χ1n) is 7.92. The molecule has 0 saturated carbocycles. The van der Waals surface area contributed by atoms with E-state index in [0.717, 1.165) is 18.2 Å². The maximum absolute atomic E-state index is 13.2. The molecule has 26 heavy (non-hydrogen) atoms. The lowest BCUT2D eigenvalue weighted by Gasteiger charge is -2.24. The average molecular weight is 385 g/mol. The summed E-state index contributed by atoms with van der Waals surface area (Å²) in [6, 6.07) is 5.60. The number of hydrogen-bond donors (Lipinski definition) is 3. The predicted molar refractivity (Wildman–Crippen MR) is 95.4 cm³/mol. The molecule has 0 aliphatic heterocycles. The Morgan fingerprint density at radius 2 is 1.88 bits per heavy atom. The Balaban J connectivity index is 2.07. The standard InChI is InChI=1S/C17H21F2N3O3S/c1-17(2,7-8-23)11-21-16-6-4-13(10-20-16)26(24,25)22-12-3-5-14(18)15(19)9-12/h3-6,9-10,22-23H,7-8,11H2,1-2H3,(H,20,21). The van der Waals surface area contributed by atoms with Gasteiger partial charge in [-0.2, -0.15) is 0 Å². The average Bonchev–Trinajstić information content (AvgIpc) is 2.56.